The number of benzene rings is 2. The van der Waals surface area contributed by atoms with E-state index in [0.717, 1.165) is 57.0 Å². The van der Waals surface area contributed by atoms with Crippen molar-refractivity contribution in [2.45, 2.75) is 32.0 Å². The third-order valence-corrected chi connectivity index (χ3v) is 7.74. The van der Waals surface area contributed by atoms with Crippen LogP contribution in [0.15, 0.2) is 55.4 Å². The van der Waals surface area contributed by atoms with Crippen molar-refractivity contribution < 1.29 is 31.9 Å². The SMILES string of the molecule is C=CC(=O)Nc1cc(Nc2cc(N3OCC[C@@H]3c3ccc(F)c(C(F)(F)F)c3)ncn2)c(OC)cc1N1CCN(CCC)CC1. The Morgan fingerprint density at radius 3 is 2.60 bits per heavy atom. The molecule has 3 heterocycles. The largest absolute Gasteiger partial charge is 0.494 e. The van der Waals surface area contributed by atoms with E-state index in [2.05, 4.69) is 43.9 Å². The first kappa shape index (κ1) is 32.0. The zero-order valence-corrected chi connectivity index (χ0v) is 25.0. The molecule has 14 heteroatoms. The Morgan fingerprint density at radius 2 is 1.91 bits per heavy atom. The van der Waals surface area contributed by atoms with Gasteiger partial charge in [0, 0.05) is 44.7 Å². The normalized spacial score (nSPS) is 17.3. The van der Waals surface area contributed by atoms with Crippen LogP contribution >= 0.6 is 0 Å². The van der Waals surface area contributed by atoms with E-state index in [1.165, 1.54) is 30.6 Å². The Morgan fingerprint density at radius 1 is 1.13 bits per heavy atom. The van der Waals surface area contributed by atoms with Crippen LogP contribution in [0.4, 0.5) is 46.3 Å². The Hall–Kier alpha value is -4.43. The van der Waals surface area contributed by atoms with Gasteiger partial charge in [-0.05, 0) is 42.8 Å². The molecule has 0 spiro atoms. The standard InChI is InChI=1S/C31H35F4N7O3/c1-4-9-40-10-12-41(13-11-40)26-17-27(44-3)24(16-23(26)39-30(43)5-2)38-28-18-29(37-19-36-28)42-25(8-14-45-42)20-6-7-22(32)21(15-20)31(33,34)35/h5-7,15-19,25H,2,4,8-14H2,1,3H3,(H,39,43)(H,36,37,38)/t25-/m1/s1. The highest BCUT2D eigenvalue weighted by Gasteiger charge is 2.37. The van der Waals surface area contributed by atoms with Crippen LogP contribution in [0.2, 0.25) is 0 Å². The van der Waals surface area contributed by atoms with E-state index in [1.807, 2.05) is 6.07 Å². The number of nitrogens with one attached hydrogen (secondary N) is 2. The molecule has 1 atom stereocenters. The molecule has 2 saturated heterocycles. The third kappa shape index (κ3) is 7.28. The van der Waals surface area contributed by atoms with Crippen LogP contribution in [0.5, 0.6) is 5.75 Å². The smallest absolute Gasteiger partial charge is 0.419 e. The number of hydrogen-bond acceptors (Lipinski definition) is 9. The maximum absolute atomic E-state index is 14.0. The van der Waals surface area contributed by atoms with Gasteiger partial charge in [-0.1, -0.05) is 19.6 Å². The summed E-state index contributed by atoms with van der Waals surface area (Å²) in [6.45, 7) is 10.3. The number of hydroxylamine groups is 1. The fourth-order valence-electron chi connectivity index (χ4n) is 5.55. The van der Waals surface area contributed by atoms with Crippen molar-refractivity contribution in [2.75, 3.05) is 67.0 Å². The molecule has 0 aliphatic carbocycles. The molecule has 2 aromatic carbocycles. The summed E-state index contributed by atoms with van der Waals surface area (Å²) < 4.78 is 59.8. The van der Waals surface area contributed by atoms with Crippen LogP contribution in [0.1, 0.15) is 36.9 Å². The Balaban J connectivity index is 1.42. The lowest BCUT2D eigenvalue weighted by Crippen LogP contribution is -2.46. The summed E-state index contributed by atoms with van der Waals surface area (Å²) in [6, 6.07) is 7.47. The lowest BCUT2D eigenvalue weighted by Gasteiger charge is -2.37. The first-order valence-corrected chi connectivity index (χ1v) is 14.6. The number of piperazine rings is 1. The number of hydrogen-bond donors (Lipinski definition) is 2. The number of alkyl halides is 3. The predicted molar refractivity (Wildman–Crippen MR) is 163 cm³/mol. The average Bonchev–Trinajstić information content (AvgIpc) is 3.52. The van der Waals surface area contributed by atoms with Gasteiger partial charge in [0.2, 0.25) is 5.91 Å². The Labute approximate surface area is 258 Å². The minimum Gasteiger partial charge on any atom is -0.494 e. The van der Waals surface area contributed by atoms with Gasteiger partial charge in [0.25, 0.3) is 0 Å². The van der Waals surface area contributed by atoms with Crippen LogP contribution in [-0.2, 0) is 15.8 Å². The van der Waals surface area contributed by atoms with E-state index in [9.17, 15) is 22.4 Å². The number of rotatable bonds is 10. The highest BCUT2D eigenvalue weighted by Crippen LogP contribution is 2.41. The van der Waals surface area contributed by atoms with Gasteiger partial charge in [0.15, 0.2) is 5.82 Å². The molecule has 0 saturated carbocycles. The molecule has 0 bridgehead atoms. The van der Waals surface area contributed by atoms with Gasteiger partial charge < -0.3 is 20.3 Å². The van der Waals surface area contributed by atoms with E-state index in [0.29, 0.717) is 29.4 Å². The van der Waals surface area contributed by atoms with E-state index in [-0.39, 0.29) is 23.9 Å². The van der Waals surface area contributed by atoms with Gasteiger partial charge >= 0.3 is 6.18 Å². The highest BCUT2D eigenvalue weighted by atomic mass is 19.4. The molecule has 10 nitrogen and oxygen atoms in total. The fourth-order valence-corrected chi connectivity index (χ4v) is 5.55. The Kier molecular flexibility index (Phi) is 9.73. The van der Waals surface area contributed by atoms with E-state index in [1.54, 1.807) is 12.1 Å². The van der Waals surface area contributed by atoms with Crippen LogP contribution in [0.25, 0.3) is 0 Å². The number of anilines is 5. The molecule has 0 unspecified atom stereocenters. The number of methoxy groups -OCH3 is 1. The van der Waals surface area contributed by atoms with Crippen LogP contribution < -0.4 is 25.3 Å². The summed E-state index contributed by atoms with van der Waals surface area (Å²) >= 11 is 0. The molecule has 2 aliphatic heterocycles. The van der Waals surface area contributed by atoms with E-state index >= 15 is 0 Å². The molecule has 2 aliphatic rings. The van der Waals surface area contributed by atoms with Crippen LogP contribution in [0, 0.1) is 5.82 Å². The summed E-state index contributed by atoms with van der Waals surface area (Å²) in [5.41, 5.74) is 0.764. The minimum absolute atomic E-state index is 0.227. The predicted octanol–water partition coefficient (Wildman–Crippen LogP) is 5.93. The molecule has 1 aromatic heterocycles. The monoisotopic (exact) mass is 629 g/mol. The molecule has 5 rings (SSSR count). The zero-order chi connectivity index (χ0) is 32.1. The molecule has 2 fully saturated rings. The second-order valence-electron chi connectivity index (χ2n) is 10.7. The molecule has 3 aromatic rings. The number of halogens is 4. The molecule has 1 amide bonds. The molecular formula is C31H35F4N7O3. The topological polar surface area (TPSA) is 95.1 Å². The van der Waals surface area contributed by atoms with Crippen molar-refractivity contribution in [2.24, 2.45) is 0 Å². The second kappa shape index (κ2) is 13.7. The van der Waals surface area contributed by atoms with Gasteiger partial charge in [0.1, 0.15) is 23.7 Å². The number of carbonyl (C=O) groups is 1. The number of ether oxygens (including phenoxy) is 1. The minimum atomic E-state index is -4.83. The van der Waals surface area contributed by atoms with Crippen molar-refractivity contribution in [3.05, 3.63) is 72.3 Å². The van der Waals surface area contributed by atoms with Crippen LogP contribution in [0.3, 0.4) is 0 Å². The molecule has 2 N–H and O–H groups in total. The van der Waals surface area contributed by atoms with Crippen molar-refractivity contribution >= 4 is 34.6 Å². The van der Waals surface area contributed by atoms with Gasteiger partial charge in [-0.2, -0.15) is 13.2 Å². The van der Waals surface area contributed by atoms with Crippen molar-refractivity contribution in [1.82, 2.24) is 14.9 Å². The summed E-state index contributed by atoms with van der Waals surface area (Å²) in [5.74, 6) is -0.585. The molecular weight excluding hydrogens is 594 g/mol. The third-order valence-electron chi connectivity index (χ3n) is 7.74. The van der Waals surface area contributed by atoms with Crippen molar-refractivity contribution in [3.63, 3.8) is 0 Å². The maximum Gasteiger partial charge on any atom is 0.419 e. The summed E-state index contributed by atoms with van der Waals surface area (Å²) in [7, 11) is 1.54. The van der Waals surface area contributed by atoms with E-state index in [4.69, 9.17) is 9.57 Å². The summed E-state index contributed by atoms with van der Waals surface area (Å²) in [6.07, 6.45) is -0.903. The second-order valence-corrected chi connectivity index (χ2v) is 10.7. The highest BCUT2D eigenvalue weighted by molar-refractivity contribution is 6.02. The summed E-state index contributed by atoms with van der Waals surface area (Å²) in [5, 5.41) is 7.50. The number of amides is 1. The average molecular weight is 630 g/mol. The molecule has 240 valence electrons. The number of nitrogens with zero attached hydrogens (tertiary/aromatic N) is 5. The lowest BCUT2D eigenvalue weighted by molar-refractivity contribution is -0.140. The van der Waals surface area contributed by atoms with Gasteiger partial charge in [-0.25, -0.2) is 19.4 Å². The zero-order valence-electron chi connectivity index (χ0n) is 25.0. The van der Waals surface area contributed by atoms with Crippen molar-refractivity contribution in [3.8, 4) is 5.75 Å². The van der Waals surface area contributed by atoms with Gasteiger partial charge in [-0.3, -0.25) is 14.5 Å². The Bertz CT molecular complexity index is 1530. The number of carbonyl (C=O) groups excluding carboxylic acids is 1. The lowest BCUT2D eigenvalue weighted by atomic mass is 10.0. The fraction of sp³-hybridized carbons (Fsp3) is 0.387. The molecule has 0 radical (unpaired) electrons. The van der Waals surface area contributed by atoms with E-state index < -0.39 is 23.6 Å². The van der Waals surface area contributed by atoms with Crippen molar-refractivity contribution in [1.29, 1.82) is 0 Å². The maximum atomic E-state index is 14.0. The molecule has 45 heavy (non-hydrogen) atoms. The quantitative estimate of drug-likeness (QED) is 0.209. The van der Waals surface area contributed by atoms with Gasteiger partial charge in [-0.15, -0.1) is 0 Å². The summed E-state index contributed by atoms with van der Waals surface area (Å²) in [4.78, 5) is 31.3. The number of aromatic nitrogens is 2. The van der Waals surface area contributed by atoms with Gasteiger partial charge in [0.05, 0.1) is 42.4 Å². The first-order chi connectivity index (χ1) is 21.6. The van der Waals surface area contributed by atoms with Crippen LogP contribution in [-0.4, -0.2) is 67.2 Å². The first-order valence-electron chi connectivity index (χ1n) is 14.6.